The molecular formula is C13H26N2O2. The molecule has 0 bridgehead atoms. The summed E-state index contributed by atoms with van der Waals surface area (Å²) in [4.78, 5) is 11.8. The molecule has 0 spiro atoms. The first-order valence-corrected chi connectivity index (χ1v) is 6.91. The van der Waals surface area contributed by atoms with Crippen molar-refractivity contribution in [1.29, 1.82) is 0 Å². The molecule has 2 amide bonds. The van der Waals surface area contributed by atoms with Crippen molar-refractivity contribution in [1.82, 2.24) is 10.6 Å². The molecule has 17 heavy (non-hydrogen) atoms. The van der Waals surface area contributed by atoms with Crippen LogP contribution in [0.3, 0.4) is 0 Å². The topological polar surface area (TPSA) is 50.4 Å². The largest absolute Gasteiger partial charge is 0.379 e. The standard InChI is InChI=1S/C13H26N2O2/c1-3-5-7-11(6-4-2)14-13(16)15-12-8-9-17-10-12/h11-12H,3-10H2,1-2H3,(H2,14,15,16). The molecule has 1 saturated heterocycles. The fourth-order valence-electron chi connectivity index (χ4n) is 2.15. The van der Waals surface area contributed by atoms with E-state index in [-0.39, 0.29) is 12.1 Å². The Kier molecular flexibility index (Phi) is 7.01. The van der Waals surface area contributed by atoms with Gasteiger partial charge in [-0.25, -0.2) is 4.79 Å². The third-order valence-corrected chi connectivity index (χ3v) is 3.14. The van der Waals surface area contributed by atoms with E-state index in [9.17, 15) is 4.79 Å². The molecule has 2 unspecified atom stereocenters. The Morgan fingerprint density at radius 2 is 2.18 bits per heavy atom. The summed E-state index contributed by atoms with van der Waals surface area (Å²) >= 11 is 0. The van der Waals surface area contributed by atoms with Crippen LogP contribution in [0.15, 0.2) is 0 Å². The molecule has 0 radical (unpaired) electrons. The first-order chi connectivity index (χ1) is 8.26. The van der Waals surface area contributed by atoms with Crippen LogP contribution in [0.4, 0.5) is 4.79 Å². The third kappa shape index (κ3) is 5.91. The van der Waals surface area contributed by atoms with Crippen molar-refractivity contribution in [2.75, 3.05) is 13.2 Å². The van der Waals surface area contributed by atoms with Crippen LogP contribution in [0.25, 0.3) is 0 Å². The molecule has 2 atom stereocenters. The lowest BCUT2D eigenvalue weighted by Gasteiger charge is -2.19. The molecule has 0 aromatic heterocycles. The van der Waals surface area contributed by atoms with Gasteiger partial charge in [0.2, 0.25) is 0 Å². The second-order valence-corrected chi connectivity index (χ2v) is 4.81. The monoisotopic (exact) mass is 242 g/mol. The average Bonchev–Trinajstić information content (AvgIpc) is 2.78. The first kappa shape index (κ1) is 14.3. The number of carbonyl (C=O) groups excluding carboxylic acids is 1. The van der Waals surface area contributed by atoms with E-state index in [0.717, 1.165) is 32.3 Å². The van der Waals surface area contributed by atoms with Crippen LogP contribution in [0.5, 0.6) is 0 Å². The molecule has 4 heteroatoms. The van der Waals surface area contributed by atoms with E-state index in [1.165, 1.54) is 12.8 Å². The summed E-state index contributed by atoms with van der Waals surface area (Å²) in [6.07, 6.45) is 6.55. The van der Waals surface area contributed by atoms with Gasteiger partial charge in [0.15, 0.2) is 0 Å². The minimum atomic E-state index is -0.0324. The summed E-state index contributed by atoms with van der Waals surface area (Å²) < 4.78 is 5.23. The lowest BCUT2D eigenvalue weighted by atomic mass is 10.1. The molecule has 0 aromatic carbocycles. The highest BCUT2D eigenvalue weighted by Crippen LogP contribution is 2.07. The minimum Gasteiger partial charge on any atom is -0.379 e. The van der Waals surface area contributed by atoms with Crippen molar-refractivity contribution < 1.29 is 9.53 Å². The average molecular weight is 242 g/mol. The number of unbranched alkanes of at least 4 members (excludes halogenated alkanes) is 1. The maximum absolute atomic E-state index is 11.8. The molecule has 4 nitrogen and oxygen atoms in total. The zero-order valence-electron chi connectivity index (χ0n) is 11.1. The molecule has 0 saturated carbocycles. The predicted octanol–water partition coefficient (Wildman–Crippen LogP) is 2.43. The second kappa shape index (κ2) is 8.34. The van der Waals surface area contributed by atoms with E-state index < -0.39 is 0 Å². The lowest BCUT2D eigenvalue weighted by molar-refractivity contribution is 0.188. The molecule has 100 valence electrons. The van der Waals surface area contributed by atoms with Gasteiger partial charge in [-0.2, -0.15) is 0 Å². The number of amides is 2. The van der Waals surface area contributed by atoms with Crippen molar-refractivity contribution >= 4 is 6.03 Å². The third-order valence-electron chi connectivity index (χ3n) is 3.14. The molecule has 1 heterocycles. The van der Waals surface area contributed by atoms with E-state index in [0.29, 0.717) is 12.6 Å². The van der Waals surface area contributed by atoms with Crippen LogP contribution in [-0.4, -0.2) is 31.3 Å². The number of ether oxygens (including phenoxy) is 1. The van der Waals surface area contributed by atoms with Crippen LogP contribution in [0, 0.1) is 0 Å². The molecule has 1 aliphatic rings. The number of hydrogen-bond donors (Lipinski definition) is 2. The first-order valence-electron chi connectivity index (χ1n) is 6.91. The predicted molar refractivity (Wildman–Crippen MR) is 69.1 cm³/mol. The number of rotatable bonds is 7. The Morgan fingerprint density at radius 1 is 1.35 bits per heavy atom. The summed E-state index contributed by atoms with van der Waals surface area (Å²) in [5.41, 5.74) is 0. The molecule has 1 aliphatic heterocycles. The fourth-order valence-corrected chi connectivity index (χ4v) is 2.15. The molecule has 2 N–H and O–H groups in total. The van der Waals surface area contributed by atoms with Crippen molar-refractivity contribution in [2.24, 2.45) is 0 Å². The molecule has 0 aliphatic carbocycles. The van der Waals surface area contributed by atoms with Crippen LogP contribution in [0.1, 0.15) is 52.4 Å². The quantitative estimate of drug-likeness (QED) is 0.720. The highest BCUT2D eigenvalue weighted by molar-refractivity contribution is 5.74. The van der Waals surface area contributed by atoms with Crippen molar-refractivity contribution in [2.45, 2.75) is 64.5 Å². The van der Waals surface area contributed by atoms with Crippen molar-refractivity contribution in [3.8, 4) is 0 Å². The molecule has 1 rings (SSSR count). The number of hydrogen-bond acceptors (Lipinski definition) is 2. The summed E-state index contributed by atoms with van der Waals surface area (Å²) in [5.74, 6) is 0. The Hall–Kier alpha value is -0.770. The van der Waals surface area contributed by atoms with E-state index >= 15 is 0 Å². The fraction of sp³-hybridized carbons (Fsp3) is 0.923. The lowest BCUT2D eigenvalue weighted by Crippen LogP contribution is -2.46. The Bertz CT molecular complexity index is 215. The van der Waals surface area contributed by atoms with Crippen molar-refractivity contribution in [3.63, 3.8) is 0 Å². The summed E-state index contributed by atoms with van der Waals surface area (Å²) in [6.45, 7) is 5.75. The van der Waals surface area contributed by atoms with E-state index in [1.54, 1.807) is 0 Å². The van der Waals surface area contributed by atoms with Crippen LogP contribution in [0.2, 0.25) is 0 Å². The number of urea groups is 1. The SMILES string of the molecule is CCCCC(CCC)NC(=O)NC1CCOC1. The van der Waals surface area contributed by atoms with Gasteiger partial charge in [0.05, 0.1) is 12.6 Å². The smallest absolute Gasteiger partial charge is 0.315 e. The zero-order valence-corrected chi connectivity index (χ0v) is 11.1. The maximum Gasteiger partial charge on any atom is 0.315 e. The molecule has 0 aromatic rings. The van der Waals surface area contributed by atoms with Gasteiger partial charge in [-0.1, -0.05) is 33.1 Å². The van der Waals surface area contributed by atoms with E-state index in [1.807, 2.05) is 0 Å². The van der Waals surface area contributed by atoms with E-state index in [2.05, 4.69) is 24.5 Å². The number of nitrogens with one attached hydrogen (secondary N) is 2. The summed E-state index contributed by atoms with van der Waals surface area (Å²) in [7, 11) is 0. The van der Waals surface area contributed by atoms with Gasteiger partial charge in [0, 0.05) is 12.6 Å². The maximum atomic E-state index is 11.8. The highest BCUT2D eigenvalue weighted by atomic mass is 16.5. The summed E-state index contributed by atoms with van der Waals surface area (Å²) in [6, 6.07) is 0.487. The van der Waals surface area contributed by atoms with Gasteiger partial charge in [-0.15, -0.1) is 0 Å². The van der Waals surface area contributed by atoms with E-state index in [4.69, 9.17) is 4.74 Å². The second-order valence-electron chi connectivity index (χ2n) is 4.81. The van der Waals surface area contributed by atoms with Gasteiger partial charge in [-0.3, -0.25) is 0 Å². The highest BCUT2D eigenvalue weighted by Gasteiger charge is 2.19. The van der Waals surface area contributed by atoms with Crippen molar-refractivity contribution in [3.05, 3.63) is 0 Å². The van der Waals surface area contributed by atoms with Gasteiger partial charge < -0.3 is 15.4 Å². The van der Waals surface area contributed by atoms with Gasteiger partial charge in [0.1, 0.15) is 0 Å². The minimum absolute atomic E-state index is 0.0324. The van der Waals surface area contributed by atoms with Gasteiger partial charge >= 0.3 is 6.03 Å². The van der Waals surface area contributed by atoms with Gasteiger partial charge in [-0.05, 0) is 19.3 Å². The Labute approximate surface area is 104 Å². The Balaban J connectivity index is 2.23. The number of carbonyl (C=O) groups is 1. The Morgan fingerprint density at radius 3 is 2.76 bits per heavy atom. The summed E-state index contributed by atoms with van der Waals surface area (Å²) in [5, 5.41) is 6.04. The van der Waals surface area contributed by atoms with Crippen LogP contribution < -0.4 is 10.6 Å². The molecular weight excluding hydrogens is 216 g/mol. The van der Waals surface area contributed by atoms with Gasteiger partial charge in [0.25, 0.3) is 0 Å². The normalized spacial score (nSPS) is 21.2. The zero-order chi connectivity index (χ0) is 12.5. The van der Waals surface area contributed by atoms with Crippen LogP contribution >= 0.6 is 0 Å². The van der Waals surface area contributed by atoms with Crippen LogP contribution in [-0.2, 0) is 4.74 Å². The molecule has 1 fully saturated rings.